The number of aryl methyl sites for hydroxylation is 1. The molecule has 5 heterocycles. The van der Waals surface area contributed by atoms with Gasteiger partial charge in [-0.2, -0.15) is 0 Å². The van der Waals surface area contributed by atoms with E-state index >= 15 is 0 Å². The van der Waals surface area contributed by atoms with Gasteiger partial charge in [0.2, 0.25) is 0 Å². The van der Waals surface area contributed by atoms with Crippen LogP contribution in [0.2, 0.25) is 0 Å². The standard InChI is InChI=1S/C21H20N6O2/c1-14-7-24-17(10-23-14)20(28)27-6-4-21(12-27)13-29-11-16-9-25-19(26-18(16)21)15-3-2-5-22-8-15/h2-3,5,7-10H,4,6,11-13H2,1H3. The second-order valence-electron chi connectivity index (χ2n) is 7.60. The molecule has 1 atom stereocenters. The van der Waals surface area contributed by atoms with E-state index in [2.05, 4.69) is 19.9 Å². The summed E-state index contributed by atoms with van der Waals surface area (Å²) < 4.78 is 5.87. The second-order valence-corrected chi connectivity index (χ2v) is 7.60. The second kappa shape index (κ2) is 6.97. The molecule has 1 unspecified atom stereocenters. The van der Waals surface area contributed by atoms with Gasteiger partial charge < -0.3 is 9.64 Å². The topological polar surface area (TPSA) is 94.0 Å². The van der Waals surface area contributed by atoms with E-state index < -0.39 is 0 Å². The van der Waals surface area contributed by atoms with Gasteiger partial charge >= 0.3 is 0 Å². The number of carbonyl (C=O) groups is 1. The largest absolute Gasteiger partial charge is 0.376 e. The fourth-order valence-electron chi connectivity index (χ4n) is 4.05. The fourth-order valence-corrected chi connectivity index (χ4v) is 4.05. The predicted octanol–water partition coefficient (Wildman–Crippen LogP) is 1.95. The normalized spacial score (nSPS) is 20.7. The molecule has 1 amide bonds. The van der Waals surface area contributed by atoms with E-state index in [9.17, 15) is 4.79 Å². The molecule has 29 heavy (non-hydrogen) atoms. The monoisotopic (exact) mass is 388 g/mol. The molecule has 0 saturated carbocycles. The van der Waals surface area contributed by atoms with Crippen molar-refractivity contribution in [3.63, 3.8) is 0 Å². The lowest BCUT2D eigenvalue weighted by Crippen LogP contribution is -2.41. The highest BCUT2D eigenvalue weighted by molar-refractivity contribution is 5.92. The van der Waals surface area contributed by atoms with Crippen molar-refractivity contribution in [2.24, 2.45) is 0 Å². The Bertz CT molecular complexity index is 1060. The Balaban J connectivity index is 1.47. The van der Waals surface area contributed by atoms with Crippen molar-refractivity contribution in [2.75, 3.05) is 19.7 Å². The summed E-state index contributed by atoms with van der Waals surface area (Å²) in [7, 11) is 0. The highest BCUT2D eigenvalue weighted by atomic mass is 16.5. The summed E-state index contributed by atoms with van der Waals surface area (Å²) in [5, 5.41) is 0. The van der Waals surface area contributed by atoms with Gasteiger partial charge in [-0.05, 0) is 25.5 Å². The van der Waals surface area contributed by atoms with Crippen LogP contribution in [0, 0.1) is 6.92 Å². The minimum absolute atomic E-state index is 0.108. The van der Waals surface area contributed by atoms with E-state index in [0.29, 0.717) is 37.8 Å². The number of rotatable bonds is 2. The first-order chi connectivity index (χ1) is 14.1. The minimum atomic E-state index is -0.332. The smallest absolute Gasteiger partial charge is 0.274 e. The number of carbonyl (C=O) groups excluding carboxylic acids is 1. The zero-order valence-corrected chi connectivity index (χ0v) is 16.1. The van der Waals surface area contributed by atoms with E-state index in [1.807, 2.05) is 30.2 Å². The number of amides is 1. The Morgan fingerprint density at radius 2 is 2.10 bits per heavy atom. The van der Waals surface area contributed by atoms with Gasteiger partial charge in [-0.1, -0.05) is 0 Å². The molecule has 0 aliphatic carbocycles. The molecule has 1 saturated heterocycles. The Labute approximate surface area is 168 Å². The highest BCUT2D eigenvalue weighted by Crippen LogP contribution is 2.39. The quantitative estimate of drug-likeness (QED) is 0.662. The molecule has 3 aromatic rings. The number of nitrogens with zero attached hydrogens (tertiary/aromatic N) is 6. The third-order valence-electron chi connectivity index (χ3n) is 5.56. The molecule has 2 aliphatic heterocycles. The molecule has 0 radical (unpaired) electrons. The Kier molecular flexibility index (Phi) is 4.28. The third-order valence-corrected chi connectivity index (χ3v) is 5.56. The van der Waals surface area contributed by atoms with Crippen molar-refractivity contribution in [2.45, 2.75) is 25.4 Å². The van der Waals surface area contributed by atoms with Crippen molar-refractivity contribution in [3.8, 4) is 11.4 Å². The predicted molar refractivity (Wildman–Crippen MR) is 104 cm³/mol. The lowest BCUT2D eigenvalue weighted by molar-refractivity contribution is 0.0484. The maximum atomic E-state index is 12.9. The van der Waals surface area contributed by atoms with E-state index in [0.717, 1.165) is 28.9 Å². The summed E-state index contributed by atoms with van der Waals surface area (Å²) >= 11 is 0. The molecule has 2 aliphatic rings. The number of pyridine rings is 1. The zero-order chi connectivity index (χ0) is 19.8. The van der Waals surface area contributed by atoms with Gasteiger partial charge in [0.25, 0.3) is 5.91 Å². The summed E-state index contributed by atoms with van der Waals surface area (Å²) in [6.45, 7) is 4.04. The summed E-state index contributed by atoms with van der Waals surface area (Å²) in [6, 6.07) is 3.82. The van der Waals surface area contributed by atoms with Crippen LogP contribution in [-0.4, -0.2) is 55.4 Å². The third kappa shape index (κ3) is 3.15. The number of ether oxygens (including phenoxy) is 1. The van der Waals surface area contributed by atoms with Crippen molar-refractivity contribution in [1.82, 2.24) is 29.8 Å². The summed E-state index contributed by atoms with van der Waals surface area (Å²) in [4.78, 5) is 36.7. The molecule has 8 heteroatoms. The number of hydrogen-bond acceptors (Lipinski definition) is 7. The molecule has 146 valence electrons. The first kappa shape index (κ1) is 17.8. The summed E-state index contributed by atoms with van der Waals surface area (Å²) in [5.41, 5.74) is 3.65. The van der Waals surface area contributed by atoms with Crippen LogP contribution in [0.1, 0.15) is 33.9 Å². The maximum Gasteiger partial charge on any atom is 0.274 e. The van der Waals surface area contributed by atoms with Crippen LogP contribution in [0.4, 0.5) is 0 Å². The summed E-state index contributed by atoms with van der Waals surface area (Å²) in [6.07, 6.45) is 9.26. The van der Waals surface area contributed by atoms with Gasteiger partial charge in [0.05, 0.1) is 36.2 Å². The van der Waals surface area contributed by atoms with E-state index in [4.69, 9.17) is 9.72 Å². The van der Waals surface area contributed by atoms with Crippen molar-refractivity contribution >= 4 is 5.91 Å². The van der Waals surface area contributed by atoms with Gasteiger partial charge in [0, 0.05) is 49.0 Å². The molecule has 1 spiro atoms. The fraction of sp³-hybridized carbons (Fsp3) is 0.333. The number of aromatic nitrogens is 5. The van der Waals surface area contributed by atoms with Gasteiger partial charge in [0.15, 0.2) is 5.82 Å². The average Bonchev–Trinajstić information content (AvgIpc) is 3.19. The number of fused-ring (bicyclic) bond motifs is 2. The molecule has 0 aromatic carbocycles. The molecule has 0 N–H and O–H groups in total. The average molecular weight is 388 g/mol. The van der Waals surface area contributed by atoms with E-state index in [1.54, 1.807) is 18.6 Å². The molecule has 0 bridgehead atoms. The maximum absolute atomic E-state index is 12.9. The molecule has 8 nitrogen and oxygen atoms in total. The zero-order valence-electron chi connectivity index (χ0n) is 16.1. The van der Waals surface area contributed by atoms with Crippen LogP contribution in [0.3, 0.4) is 0 Å². The van der Waals surface area contributed by atoms with Crippen LogP contribution in [0.15, 0.2) is 43.1 Å². The molecule has 3 aromatic heterocycles. The molecule has 5 rings (SSSR count). The van der Waals surface area contributed by atoms with Crippen LogP contribution < -0.4 is 0 Å². The first-order valence-electron chi connectivity index (χ1n) is 9.57. The van der Waals surface area contributed by atoms with Gasteiger partial charge in [-0.3, -0.25) is 14.8 Å². The first-order valence-corrected chi connectivity index (χ1v) is 9.57. The van der Waals surface area contributed by atoms with Crippen molar-refractivity contribution in [3.05, 3.63) is 65.8 Å². The van der Waals surface area contributed by atoms with Crippen LogP contribution in [0.25, 0.3) is 11.4 Å². The minimum Gasteiger partial charge on any atom is -0.376 e. The Hall–Kier alpha value is -3.26. The van der Waals surface area contributed by atoms with Crippen LogP contribution in [0.5, 0.6) is 0 Å². The van der Waals surface area contributed by atoms with Crippen LogP contribution >= 0.6 is 0 Å². The van der Waals surface area contributed by atoms with Crippen molar-refractivity contribution < 1.29 is 9.53 Å². The van der Waals surface area contributed by atoms with Crippen molar-refractivity contribution in [1.29, 1.82) is 0 Å². The lowest BCUT2D eigenvalue weighted by Gasteiger charge is -2.34. The van der Waals surface area contributed by atoms with E-state index in [-0.39, 0.29) is 11.3 Å². The van der Waals surface area contributed by atoms with Gasteiger partial charge in [0.1, 0.15) is 5.69 Å². The molecular formula is C21H20N6O2. The molecule has 1 fully saturated rings. The Morgan fingerprint density at radius 1 is 1.17 bits per heavy atom. The molecular weight excluding hydrogens is 368 g/mol. The highest BCUT2D eigenvalue weighted by Gasteiger charge is 2.46. The number of likely N-dealkylation sites (tertiary alicyclic amines) is 1. The van der Waals surface area contributed by atoms with E-state index in [1.165, 1.54) is 6.20 Å². The number of hydrogen-bond donors (Lipinski definition) is 0. The summed E-state index contributed by atoms with van der Waals surface area (Å²) in [5.74, 6) is 0.537. The lowest BCUT2D eigenvalue weighted by atomic mass is 9.80. The SMILES string of the molecule is Cc1cnc(C(=O)N2CCC3(COCc4cnc(-c5cccnc5)nc43)C2)cn1. The van der Waals surface area contributed by atoms with Gasteiger partial charge in [-0.25, -0.2) is 15.0 Å². The Morgan fingerprint density at radius 3 is 2.90 bits per heavy atom. The van der Waals surface area contributed by atoms with Crippen LogP contribution in [-0.2, 0) is 16.8 Å². The van der Waals surface area contributed by atoms with Gasteiger partial charge in [-0.15, -0.1) is 0 Å².